The summed E-state index contributed by atoms with van der Waals surface area (Å²) < 4.78 is 0. The summed E-state index contributed by atoms with van der Waals surface area (Å²) in [6.07, 6.45) is 0. The molecule has 7 nitrogen and oxygen atoms in total. The van der Waals surface area contributed by atoms with Gasteiger partial charge in [0.25, 0.3) is 0 Å². The second kappa shape index (κ2) is 9.72. The Balaban J connectivity index is 2.12. The van der Waals surface area contributed by atoms with Gasteiger partial charge in [-0.15, -0.1) is 11.8 Å². The molecule has 0 radical (unpaired) electrons. The highest BCUT2D eigenvalue weighted by atomic mass is 32.2. The number of nitrogen functional groups attached to an aromatic ring is 1. The summed E-state index contributed by atoms with van der Waals surface area (Å²) in [5.41, 5.74) is 7.74. The van der Waals surface area contributed by atoms with E-state index in [4.69, 9.17) is 5.73 Å². The molecule has 0 aliphatic heterocycles. The number of aromatic hydroxyl groups is 2. The zero-order valence-corrected chi connectivity index (χ0v) is 15.8. The standard InChI is InChI=1S/C19H23N3O4S/c1-12(23)21-8-9-22-18(26)11-27-19(14-4-2-3-5-17(14)25)15-10-13(24)6-7-16(15)20/h2-7,10,19,24-25H,8-9,11,20H2,1H3,(H,21,23)(H,22,26). The highest BCUT2D eigenvalue weighted by molar-refractivity contribution is 8.00. The van der Waals surface area contributed by atoms with Crippen molar-refractivity contribution in [3.05, 3.63) is 53.6 Å². The Labute approximate surface area is 162 Å². The van der Waals surface area contributed by atoms with E-state index >= 15 is 0 Å². The number of amides is 2. The van der Waals surface area contributed by atoms with E-state index < -0.39 is 5.25 Å². The van der Waals surface area contributed by atoms with Crippen LogP contribution in [0.5, 0.6) is 11.5 Å². The van der Waals surface area contributed by atoms with E-state index in [-0.39, 0.29) is 29.1 Å². The lowest BCUT2D eigenvalue weighted by molar-refractivity contribution is -0.120. The highest BCUT2D eigenvalue weighted by Gasteiger charge is 2.22. The van der Waals surface area contributed by atoms with Crippen molar-refractivity contribution in [1.82, 2.24) is 10.6 Å². The maximum atomic E-state index is 12.1. The molecule has 0 aromatic heterocycles. The van der Waals surface area contributed by atoms with Crippen molar-refractivity contribution in [3.8, 4) is 11.5 Å². The van der Waals surface area contributed by atoms with Crippen LogP contribution in [0.25, 0.3) is 0 Å². The number of carbonyl (C=O) groups excluding carboxylic acids is 2. The van der Waals surface area contributed by atoms with Crippen molar-refractivity contribution in [1.29, 1.82) is 0 Å². The third-order valence-electron chi connectivity index (χ3n) is 3.77. The first kappa shape index (κ1) is 20.4. The molecule has 27 heavy (non-hydrogen) atoms. The minimum absolute atomic E-state index is 0.0555. The van der Waals surface area contributed by atoms with Crippen LogP contribution in [-0.4, -0.2) is 40.9 Å². The lowest BCUT2D eigenvalue weighted by Gasteiger charge is -2.20. The normalized spacial score (nSPS) is 11.6. The minimum atomic E-state index is -0.431. The van der Waals surface area contributed by atoms with Gasteiger partial charge in [0.1, 0.15) is 11.5 Å². The van der Waals surface area contributed by atoms with Crippen LogP contribution in [0.1, 0.15) is 23.3 Å². The summed E-state index contributed by atoms with van der Waals surface area (Å²) in [6, 6.07) is 11.4. The Kier molecular flexibility index (Phi) is 7.36. The van der Waals surface area contributed by atoms with E-state index in [1.54, 1.807) is 30.3 Å². The van der Waals surface area contributed by atoms with Crippen LogP contribution in [-0.2, 0) is 9.59 Å². The number of carbonyl (C=O) groups is 2. The lowest BCUT2D eigenvalue weighted by atomic mass is 10.0. The van der Waals surface area contributed by atoms with Gasteiger partial charge in [-0.1, -0.05) is 18.2 Å². The third kappa shape index (κ3) is 6.10. The molecule has 0 saturated heterocycles. The fourth-order valence-corrected chi connectivity index (χ4v) is 3.68. The van der Waals surface area contributed by atoms with Gasteiger partial charge in [-0.25, -0.2) is 0 Å². The molecule has 6 N–H and O–H groups in total. The number of phenols is 2. The first-order valence-electron chi connectivity index (χ1n) is 8.37. The van der Waals surface area contributed by atoms with Crippen LogP contribution in [0.2, 0.25) is 0 Å². The summed E-state index contributed by atoms with van der Waals surface area (Å²) in [5.74, 6) is -0.0976. The molecule has 2 rings (SSSR count). The maximum absolute atomic E-state index is 12.1. The second-order valence-corrected chi connectivity index (χ2v) is 6.99. The predicted molar refractivity (Wildman–Crippen MR) is 107 cm³/mol. The number of hydrogen-bond acceptors (Lipinski definition) is 6. The van der Waals surface area contributed by atoms with Gasteiger partial charge in [-0.05, 0) is 29.8 Å². The maximum Gasteiger partial charge on any atom is 0.230 e. The van der Waals surface area contributed by atoms with Gasteiger partial charge in [0.15, 0.2) is 0 Å². The number of nitrogens with two attached hydrogens (primary N) is 1. The van der Waals surface area contributed by atoms with Gasteiger partial charge in [0.2, 0.25) is 11.8 Å². The van der Waals surface area contributed by atoms with E-state index in [9.17, 15) is 19.8 Å². The van der Waals surface area contributed by atoms with Gasteiger partial charge < -0.3 is 26.6 Å². The summed E-state index contributed by atoms with van der Waals surface area (Å²) in [5, 5.41) is 25.0. The zero-order valence-electron chi connectivity index (χ0n) is 14.9. The van der Waals surface area contributed by atoms with Crippen molar-refractivity contribution < 1.29 is 19.8 Å². The smallest absolute Gasteiger partial charge is 0.230 e. The Morgan fingerprint density at radius 1 is 1.07 bits per heavy atom. The number of anilines is 1. The molecule has 8 heteroatoms. The third-order valence-corrected chi connectivity index (χ3v) is 5.04. The molecule has 0 spiro atoms. The average Bonchev–Trinajstić information content (AvgIpc) is 2.63. The number of para-hydroxylation sites is 1. The van der Waals surface area contributed by atoms with E-state index in [1.807, 2.05) is 0 Å². The molecule has 0 heterocycles. The van der Waals surface area contributed by atoms with Gasteiger partial charge in [-0.2, -0.15) is 0 Å². The topological polar surface area (TPSA) is 125 Å². The van der Waals surface area contributed by atoms with Crippen LogP contribution in [0.15, 0.2) is 42.5 Å². The molecule has 0 fully saturated rings. The Hall–Kier alpha value is -2.87. The fraction of sp³-hybridized carbons (Fsp3) is 0.263. The molecule has 0 bridgehead atoms. The molecule has 2 aromatic rings. The quantitative estimate of drug-likeness (QED) is 0.266. The van der Waals surface area contributed by atoms with E-state index in [0.717, 1.165) is 0 Å². The van der Waals surface area contributed by atoms with E-state index in [0.29, 0.717) is 29.9 Å². The van der Waals surface area contributed by atoms with Crippen LogP contribution in [0.3, 0.4) is 0 Å². The molecule has 2 amide bonds. The van der Waals surface area contributed by atoms with Crippen molar-refractivity contribution in [2.75, 3.05) is 24.6 Å². The molecular formula is C19H23N3O4S. The minimum Gasteiger partial charge on any atom is -0.508 e. The monoisotopic (exact) mass is 389 g/mol. The highest BCUT2D eigenvalue weighted by Crippen LogP contribution is 2.42. The van der Waals surface area contributed by atoms with Gasteiger partial charge in [0, 0.05) is 31.3 Å². The van der Waals surface area contributed by atoms with Gasteiger partial charge >= 0.3 is 0 Å². The number of benzene rings is 2. The predicted octanol–water partition coefficient (Wildman–Crippen LogP) is 1.75. The number of thioether (sulfide) groups is 1. The van der Waals surface area contributed by atoms with Crippen molar-refractivity contribution in [2.24, 2.45) is 0 Å². The Morgan fingerprint density at radius 3 is 2.48 bits per heavy atom. The lowest BCUT2D eigenvalue weighted by Crippen LogP contribution is -2.34. The van der Waals surface area contributed by atoms with E-state index in [2.05, 4.69) is 10.6 Å². The Bertz CT molecular complexity index is 813. The first-order chi connectivity index (χ1) is 12.9. The fourth-order valence-electron chi connectivity index (χ4n) is 2.50. The summed E-state index contributed by atoms with van der Waals surface area (Å²) in [6.45, 7) is 2.09. The van der Waals surface area contributed by atoms with Crippen molar-refractivity contribution >= 4 is 29.3 Å². The summed E-state index contributed by atoms with van der Waals surface area (Å²) in [7, 11) is 0. The zero-order chi connectivity index (χ0) is 19.8. The van der Waals surface area contributed by atoms with Gasteiger partial charge in [-0.3, -0.25) is 9.59 Å². The average molecular weight is 389 g/mol. The molecule has 2 aromatic carbocycles. The Morgan fingerprint density at radius 2 is 1.78 bits per heavy atom. The van der Waals surface area contributed by atoms with Crippen LogP contribution >= 0.6 is 11.8 Å². The number of rotatable bonds is 8. The molecule has 144 valence electrons. The molecule has 0 saturated carbocycles. The summed E-state index contributed by atoms with van der Waals surface area (Å²) >= 11 is 1.29. The largest absolute Gasteiger partial charge is 0.508 e. The molecule has 1 atom stereocenters. The molecule has 0 aliphatic carbocycles. The van der Waals surface area contributed by atoms with Gasteiger partial charge in [0.05, 0.1) is 11.0 Å². The molecule has 0 aliphatic rings. The number of phenolic OH excluding ortho intramolecular Hbond substituents is 2. The molecule has 1 unspecified atom stereocenters. The molecular weight excluding hydrogens is 366 g/mol. The first-order valence-corrected chi connectivity index (χ1v) is 9.42. The SMILES string of the molecule is CC(=O)NCCNC(=O)CSC(c1cc(O)ccc1N)c1ccccc1O. The van der Waals surface area contributed by atoms with Crippen LogP contribution < -0.4 is 16.4 Å². The van der Waals surface area contributed by atoms with Crippen LogP contribution in [0.4, 0.5) is 5.69 Å². The number of hydrogen-bond donors (Lipinski definition) is 5. The van der Waals surface area contributed by atoms with Crippen molar-refractivity contribution in [3.63, 3.8) is 0 Å². The summed E-state index contributed by atoms with van der Waals surface area (Å²) in [4.78, 5) is 22.9. The van der Waals surface area contributed by atoms with E-state index in [1.165, 1.54) is 30.8 Å². The van der Waals surface area contributed by atoms with Crippen molar-refractivity contribution in [2.45, 2.75) is 12.2 Å². The second-order valence-electron chi connectivity index (χ2n) is 5.90. The number of nitrogens with one attached hydrogen (secondary N) is 2. The van der Waals surface area contributed by atoms with Crippen LogP contribution in [0, 0.1) is 0 Å².